The van der Waals surface area contributed by atoms with Crippen LogP contribution in [0.1, 0.15) is 5.56 Å². The number of ether oxygens (including phenoxy) is 2. The number of aromatic hydroxyl groups is 2. The Kier molecular flexibility index (Phi) is 2.44. The second-order valence-electron chi connectivity index (χ2n) is 3.30. The highest BCUT2D eigenvalue weighted by atomic mass is 16.5. The van der Waals surface area contributed by atoms with Crippen molar-refractivity contribution in [3.8, 4) is 17.2 Å². The first-order valence-corrected chi connectivity index (χ1v) is 4.60. The normalized spacial score (nSPS) is 13.4. The number of phenols is 2. The zero-order valence-electron chi connectivity index (χ0n) is 8.56. The largest absolute Gasteiger partial charge is 0.504 e. The van der Waals surface area contributed by atoms with Crippen molar-refractivity contribution in [1.29, 1.82) is 0 Å². The number of phenolic OH excluding ortho intramolecular Hbond substituents is 2. The fourth-order valence-corrected chi connectivity index (χ4v) is 1.47. The van der Waals surface area contributed by atoms with Gasteiger partial charge in [0.25, 0.3) is 0 Å². The Labute approximate surface area is 91.5 Å². The smallest absolute Gasteiger partial charge is 0.337 e. The first-order valence-electron chi connectivity index (χ1n) is 4.60. The lowest BCUT2D eigenvalue weighted by Crippen LogP contribution is -2.15. The van der Waals surface area contributed by atoms with Crippen LogP contribution in [-0.2, 0) is 9.53 Å². The highest BCUT2D eigenvalue weighted by Crippen LogP contribution is 2.41. The number of benzene rings is 1. The molecule has 0 saturated carbocycles. The van der Waals surface area contributed by atoms with E-state index in [0.29, 0.717) is 11.1 Å². The molecule has 0 aromatic heterocycles. The summed E-state index contributed by atoms with van der Waals surface area (Å²) in [5.41, 5.74) is 0.891. The predicted octanol–water partition coefficient (Wildman–Crippen LogP) is 1.05. The minimum Gasteiger partial charge on any atom is -0.504 e. The van der Waals surface area contributed by atoms with E-state index < -0.39 is 5.97 Å². The van der Waals surface area contributed by atoms with Crippen LogP contribution in [0.4, 0.5) is 0 Å². The second kappa shape index (κ2) is 3.77. The van der Waals surface area contributed by atoms with Gasteiger partial charge in [0.05, 0.1) is 12.7 Å². The molecule has 0 radical (unpaired) electrons. The molecule has 1 aromatic rings. The lowest BCUT2D eigenvalue weighted by atomic mass is 10.1. The molecule has 0 amide bonds. The number of methoxy groups -OCH3 is 1. The number of hydrogen-bond acceptors (Lipinski definition) is 5. The molecular formula is C11H10O5. The third-order valence-electron chi connectivity index (χ3n) is 2.29. The molecule has 2 rings (SSSR count). The summed E-state index contributed by atoms with van der Waals surface area (Å²) in [6.07, 6.45) is 1.56. The Morgan fingerprint density at radius 3 is 2.88 bits per heavy atom. The number of fused-ring (bicyclic) bond motifs is 1. The average Bonchev–Trinajstić information content (AvgIpc) is 2.32. The van der Waals surface area contributed by atoms with Crippen molar-refractivity contribution in [3.05, 3.63) is 23.3 Å². The van der Waals surface area contributed by atoms with Crippen molar-refractivity contribution in [1.82, 2.24) is 0 Å². The number of carbonyl (C=O) groups is 1. The molecule has 0 aliphatic carbocycles. The third kappa shape index (κ3) is 1.56. The van der Waals surface area contributed by atoms with Gasteiger partial charge in [0, 0.05) is 5.56 Å². The third-order valence-corrected chi connectivity index (χ3v) is 2.29. The molecule has 5 heteroatoms. The van der Waals surface area contributed by atoms with Crippen LogP contribution >= 0.6 is 0 Å². The summed E-state index contributed by atoms with van der Waals surface area (Å²) in [7, 11) is 1.28. The van der Waals surface area contributed by atoms with Crippen molar-refractivity contribution in [3.63, 3.8) is 0 Å². The Hall–Kier alpha value is -2.17. The van der Waals surface area contributed by atoms with Gasteiger partial charge in [-0.25, -0.2) is 4.79 Å². The van der Waals surface area contributed by atoms with Crippen molar-refractivity contribution < 1.29 is 24.5 Å². The summed E-state index contributed by atoms with van der Waals surface area (Å²) in [6, 6.07) is 2.88. The van der Waals surface area contributed by atoms with Crippen molar-refractivity contribution in [2.75, 3.05) is 13.7 Å². The molecule has 0 saturated heterocycles. The predicted molar refractivity (Wildman–Crippen MR) is 55.3 cm³/mol. The minimum absolute atomic E-state index is 0.0106. The maximum absolute atomic E-state index is 11.2. The van der Waals surface area contributed by atoms with Gasteiger partial charge in [-0.15, -0.1) is 0 Å². The van der Waals surface area contributed by atoms with E-state index in [-0.39, 0.29) is 23.9 Å². The molecule has 84 valence electrons. The first-order chi connectivity index (χ1) is 7.63. The van der Waals surface area contributed by atoms with Crippen LogP contribution < -0.4 is 4.74 Å². The van der Waals surface area contributed by atoms with E-state index in [1.165, 1.54) is 13.2 Å². The molecule has 0 bridgehead atoms. The number of rotatable bonds is 1. The minimum atomic E-state index is -0.474. The van der Waals surface area contributed by atoms with Gasteiger partial charge in [-0.1, -0.05) is 0 Å². The van der Waals surface area contributed by atoms with Crippen LogP contribution in [0.5, 0.6) is 17.2 Å². The summed E-state index contributed by atoms with van der Waals surface area (Å²) < 4.78 is 9.75. The second-order valence-corrected chi connectivity index (χ2v) is 3.30. The summed E-state index contributed by atoms with van der Waals surface area (Å²) in [6.45, 7) is 0.0106. The molecule has 1 heterocycles. The van der Waals surface area contributed by atoms with E-state index in [2.05, 4.69) is 4.74 Å². The van der Waals surface area contributed by atoms with Gasteiger partial charge in [0.1, 0.15) is 6.61 Å². The molecule has 2 N–H and O–H groups in total. The van der Waals surface area contributed by atoms with E-state index >= 15 is 0 Å². The molecule has 16 heavy (non-hydrogen) atoms. The number of hydrogen-bond donors (Lipinski definition) is 2. The van der Waals surface area contributed by atoms with Gasteiger partial charge in [-0.2, -0.15) is 0 Å². The zero-order valence-corrected chi connectivity index (χ0v) is 8.56. The van der Waals surface area contributed by atoms with Crippen molar-refractivity contribution in [2.24, 2.45) is 0 Å². The van der Waals surface area contributed by atoms with Crippen LogP contribution in [-0.4, -0.2) is 29.9 Å². The molecular weight excluding hydrogens is 212 g/mol. The lowest BCUT2D eigenvalue weighted by Gasteiger charge is -2.17. The monoisotopic (exact) mass is 222 g/mol. The number of esters is 1. The molecule has 0 fully saturated rings. The first kappa shape index (κ1) is 10.4. The van der Waals surface area contributed by atoms with Crippen LogP contribution in [0.25, 0.3) is 6.08 Å². The maximum Gasteiger partial charge on any atom is 0.337 e. The number of carbonyl (C=O) groups excluding carboxylic acids is 1. The molecule has 0 unspecified atom stereocenters. The van der Waals surface area contributed by atoms with Crippen molar-refractivity contribution in [2.45, 2.75) is 0 Å². The molecule has 1 aliphatic rings. The van der Waals surface area contributed by atoms with Crippen molar-refractivity contribution >= 4 is 12.0 Å². The van der Waals surface area contributed by atoms with Gasteiger partial charge in [0.15, 0.2) is 11.5 Å². The van der Waals surface area contributed by atoms with Crippen LogP contribution in [0, 0.1) is 0 Å². The Morgan fingerprint density at radius 2 is 2.19 bits per heavy atom. The topological polar surface area (TPSA) is 76.0 Å². The maximum atomic E-state index is 11.2. The van der Waals surface area contributed by atoms with E-state index in [1.807, 2.05) is 0 Å². The molecule has 0 atom stereocenters. The summed E-state index contributed by atoms with van der Waals surface area (Å²) in [5, 5.41) is 18.8. The Morgan fingerprint density at radius 1 is 1.44 bits per heavy atom. The van der Waals surface area contributed by atoms with E-state index in [0.717, 1.165) is 0 Å². The Balaban J connectivity index is 2.46. The van der Waals surface area contributed by atoms with Crippen LogP contribution in [0.15, 0.2) is 17.7 Å². The van der Waals surface area contributed by atoms with Gasteiger partial charge in [0.2, 0.25) is 5.75 Å². The lowest BCUT2D eigenvalue weighted by molar-refractivity contribution is -0.136. The highest BCUT2D eigenvalue weighted by molar-refractivity contribution is 5.95. The van der Waals surface area contributed by atoms with E-state index in [9.17, 15) is 15.0 Å². The van der Waals surface area contributed by atoms with Gasteiger partial charge >= 0.3 is 5.97 Å². The standard InChI is InChI=1S/C11H10O5/c1-15-11(14)7-4-6-2-3-8(12)9(13)10(6)16-5-7/h2-4,12-13H,5H2,1H3. The van der Waals surface area contributed by atoms with Crippen LogP contribution in [0.2, 0.25) is 0 Å². The molecule has 1 aliphatic heterocycles. The van der Waals surface area contributed by atoms with Crippen LogP contribution in [0.3, 0.4) is 0 Å². The zero-order chi connectivity index (χ0) is 11.7. The SMILES string of the molecule is COC(=O)C1=Cc2ccc(O)c(O)c2OC1. The van der Waals surface area contributed by atoms with E-state index in [1.54, 1.807) is 12.1 Å². The average molecular weight is 222 g/mol. The van der Waals surface area contributed by atoms with Gasteiger partial charge < -0.3 is 19.7 Å². The summed E-state index contributed by atoms with van der Waals surface area (Å²) >= 11 is 0. The molecule has 5 nitrogen and oxygen atoms in total. The quantitative estimate of drug-likeness (QED) is 0.548. The fourth-order valence-electron chi connectivity index (χ4n) is 1.47. The highest BCUT2D eigenvalue weighted by Gasteiger charge is 2.21. The fraction of sp³-hybridized carbons (Fsp3) is 0.182. The molecule has 0 spiro atoms. The van der Waals surface area contributed by atoms with E-state index in [4.69, 9.17) is 4.74 Å². The molecule has 1 aromatic carbocycles. The van der Waals surface area contributed by atoms with Gasteiger partial charge in [-0.3, -0.25) is 0 Å². The summed E-state index contributed by atoms with van der Waals surface area (Å²) in [4.78, 5) is 11.2. The Bertz CT molecular complexity index is 476. The summed E-state index contributed by atoms with van der Waals surface area (Å²) in [5.74, 6) is -0.878. The van der Waals surface area contributed by atoms with Gasteiger partial charge in [-0.05, 0) is 18.2 Å².